The van der Waals surface area contributed by atoms with Gasteiger partial charge in [0.15, 0.2) is 0 Å². The maximum absolute atomic E-state index is 12.4. The number of hydrogen-bond donors (Lipinski definition) is 2. The molecule has 0 heterocycles. The zero-order valence-corrected chi connectivity index (χ0v) is 11.7. The van der Waals surface area contributed by atoms with Crippen LogP contribution in [-0.4, -0.2) is 23.0 Å². The Balaban J connectivity index is 2.73. The number of nitrogens with one attached hydrogen (secondary N) is 1. The summed E-state index contributed by atoms with van der Waals surface area (Å²) in [5.74, 6) is -1.91. The van der Waals surface area contributed by atoms with Crippen LogP contribution in [0.1, 0.15) is 35.2 Å². The monoisotopic (exact) mass is 315 g/mol. The summed E-state index contributed by atoms with van der Waals surface area (Å²) in [5, 5.41) is 11.3. The summed E-state index contributed by atoms with van der Waals surface area (Å²) < 4.78 is 37.3. The second-order valence-electron chi connectivity index (χ2n) is 4.66. The number of carbonyl (C=O) groups is 2. The standard InChI is InChI=1S/C15H16F3NO3/c1-2-3-4-5-12(14(21)22)19-13(20)10-6-8-11(9-7-10)15(16,17)18/h2,6-9,12H,1,3-5H2,(H,19,20)(H,21,22)/t12-/m1/s1. The minimum absolute atomic E-state index is 0.0250. The third-order valence-electron chi connectivity index (χ3n) is 2.98. The fourth-order valence-electron chi connectivity index (χ4n) is 1.78. The first-order valence-electron chi connectivity index (χ1n) is 6.57. The first-order chi connectivity index (χ1) is 10.3. The number of halogens is 3. The molecule has 0 unspecified atom stereocenters. The highest BCUT2D eigenvalue weighted by Gasteiger charge is 2.30. The highest BCUT2D eigenvalue weighted by Crippen LogP contribution is 2.29. The van der Waals surface area contributed by atoms with Crippen LogP contribution >= 0.6 is 0 Å². The van der Waals surface area contributed by atoms with E-state index in [0.717, 1.165) is 24.3 Å². The van der Waals surface area contributed by atoms with Crippen LogP contribution in [0.5, 0.6) is 0 Å². The van der Waals surface area contributed by atoms with E-state index in [-0.39, 0.29) is 12.0 Å². The number of rotatable bonds is 7. The number of carbonyl (C=O) groups excluding carboxylic acids is 1. The number of unbranched alkanes of at least 4 members (excludes halogenated alkanes) is 1. The molecule has 0 aliphatic rings. The molecule has 0 aliphatic heterocycles. The van der Waals surface area contributed by atoms with Gasteiger partial charge in [-0.25, -0.2) is 4.79 Å². The number of hydrogen-bond acceptors (Lipinski definition) is 2. The van der Waals surface area contributed by atoms with Crippen LogP contribution in [0.15, 0.2) is 36.9 Å². The summed E-state index contributed by atoms with van der Waals surface area (Å²) >= 11 is 0. The Morgan fingerprint density at radius 3 is 2.32 bits per heavy atom. The van der Waals surface area contributed by atoms with Gasteiger partial charge in [-0.3, -0.25) is 4.79 Å². The minimum atomic E-state index is -4.48. The maximum Gasteiger partial charge on any atom is 0.416 e. The number of amides is 1. The first kappa shape index (κ1) is 17.7. The minimum Gasteiger partial charge on any atom is -0.480 e. The molecule has 22 heavy (non-hydrogen) atoms. The van der Waals surface area contributed by atoms with E-state index in [2.05, 4.69) is 11.9 Å². The lowest BCUT2D eigenvalue weighted by molar-refractivity contribution is -0.139. The van der Waals surface area contributed by atoms with Gasteiger partial charge < -0.3 is 10.4 Å². The zero-order chi connectivity index (χ0) is 16.8. The Labute approximate surface area is 125 Å². The number of carboxylic acids is 1. The molecule has 7 heteroatoms. The third-order valence-corrected chi connectivity index (χ3v) is 2.98. The molecule has 1 atom stereocenters. The third kappa shape index (κ3) is 5.23. The van der Waals surface area contributed by atoms with Gasteiger partial charge in [0.25, 0.3) is 5.91 Å². The van der Waals surface area contributed by atoms with E-state index in [4.69, 9.17) is 5.11 Å². The van der Waals surface area contributed by atoms with E-state index >= 15 is 0 Å². The van der Waals surface area contributed by atoms with Gasteiger partial charge in [0.2, 0.25) is 0 Å². The van der Waals surface area contributed by atoms with E-state index in [1.54, 1.807) is 6.08 Å². The second-order valence-corrected chi connectivity index (χ2v) is 4.66. The Morgan fingerprint density at radius 2 is 1.86 bits per heavy atom. The summed E-state index contributed by atoms with van der Waals surface area (Å²) in [6, 6.07) is 2.50. The molecule has 1 rings (SSSR count). The van der Waals surface area contributed by atoms with E-state index < -0.39 is 29.7 Å². The van der Waals surface area contributed by atoms with E-state index in [1.165, 1.54) is 0 Å². The van der Waals surface area contributed by atoms with Gasteiger partial charge in [0.1, 0.15) is 6.04 Å². The lowest BCUT2D eigenvalue weighted by Gasteiger charge is -2.14. The molecule has 0 aromatic heterocycles. The zero-order valence-electron chi connectivity index (χ0n) is 11.7. The first-order valence-corrected chi connectivity index (χ1v) is 6.57. The second kappa shape index (κ2) is 7.63. The van der Waals surface area contributed by atoms with Gasteiger partial charge in [-0.1, -0.05) is 6.08 Å². The van der Waals surface area contributed by atoms with Crippen LogP contribution in [0.2, 0.25) is 0 Å². The Bertz CT molecular complexity index is 538. The number of carboxylic acid groups (broad SMARTS) is 1. The fraction of sp³-hybridized carbons (Fsp3) is 0.333. The van der Waals surface area contributed by atoms with Crippen LogP contribution < -0.4 is 5.32 Å². The van der Waals surface area contributed by atoms with Crippen molar-refractivity contribution in [2.75, 3.05) is 0 Å². The van der Waals surface area contributed by atoms with Gasteiger partial charge in [-0.05, 0) is 43.5 Å². The summed E-state index contributed by atoms with van der Waals surface area (Å²) in [6.07, 6.45) is -1.48. The molecule has 1 amide bonds. The molecule has 2 N–H and O–H groups in total. The van der Waals surface area contributed by atoms with Crippen LogP contribution in [0.25, 0.3) is 0 Å². The van der Waals surface area contributed by atoms with Gasteiger partial charge >= 0.3 is 12.1 Å². The number of allylic oxidation sites excluding steroid dienone is 1. The van der Waals surface area contributed by atoms with Crippen molar-refractivity contribution in [3.05, 3.63) is 48.0 Å². The molecule has 120 valence electrons. The molecule has 0 saturated heterocycles. The molecule has 0 radical (unpaired) electrons. The maximum atomic E-state index is 12.4. The molecular formula is C15H16F3NO3. The molecule has 0 fully saturated rings. The quantitative estimate of drug-likeness (QED) is 0.599. The SMILES string of the molecule is C=CCCC[C@@H](NC(=O)c1ccc(C(F)(F)F)cc1)C(=O)O. The van der Waals surface area contributed by atoms with Gasteiger partial charge in [-0.2, -0.15) is 13.2 Å². The molecule has 4 nitrogen and oxygen atoms in total. The van der Waals surface area contributed by atoms with Crippen LogP contribution in [-0.2, 0) is 11.0 Å². The average Bonchev–Trinajstić information content (AvgIpc) is 2.45. The smallest absolute Gasteiger partial charge is 0.416 e. The van der Waals surface area contributed by atoms with Gasteiger partial charge in [-0.15, -0.1) is 6.58 Å². The Kier molecular flexibility index (Phi) is 6.15. The number of benzene rings is 1. The molecule has 1 aromatic carbocycles. The van der Waals surface area contributed by atoms with Crippen molar-refractivity contribution in [3.8, 4) is 0 Å². The van der Waals surface area contributed by atoms with E-state index in [0.29, 0.717) is 12.8 Å². The predicted octanol–water partition coefficient (Wildman–Crippen LogP) is 3.24. The number of alkyl halides is 3. The van der Waals surface area contributed by atoms with Crippen molar-refractivity contribution in [1.29, 1.82) is 0 Å². The molecule has 0 saturated carbocycles. The van der Waals surface area contributed by atoms with Gasteiger partial charge in [0.05, 0.1) is 5.56 Å². The summed E-state index contributed by atoms with van der Waals surface area (Å²) in [7, 11) is 0. The lowest BCUT2D eigenvalue weighted by atomic mass is 10.1. The number of aliphatic carboxylic acids is 1. The van der Waals surface area contributed by atoms with Crippen LogP contribution in [0.4, 0.5) is 13.2 Å². The van der Waals surface area contributed by atoms with Crippen molar-refractivity contribution in [1.82, 2.24) is 5.32 Å². The molecule has 1 aromatic rings. The van der Waals surface area contributed by atoms with Crippen LogP contribution in [0, 0.1) is 0 Å². The van der Waals surface area contributed by atoms with Gasteiger partial charge in [0, 0.05) is 5.56 Å². The molecule has 0 spiro atoms. The fourth-order valence-corrected chi connectivity index (χ4v) is 1.78. The van der Waals surface area contributed by atoms with Crippen molar-refractivity contribution in [2.24, 2.45) is 0 Å². The Hall–Kier alpha value is -2.31. The summed E-state index contributed by atoms with van der Waals surface area (Å²) in [6.45, 7) is 3.51. The van der Waals surface area contributed by atoms with E-state index in [9.17, 15) is 22.8 Å². The summed E-state index contributed by atoms with van der Waals surface area (Å²) in [4.78, 5) is 22.9. The predicted molar refractivity (Wildman–Crippen MR) is 74.4 cm³/mol. The lowest BCUT2D eigenvalue weighted by Crippen LogP contribution is -2.40. The topological polar surface area (TPSA) is 66.4 Å². The Morgan fingerprint density at radius 1 is 1.27 bits per heavy atom. The average molecular weight is 315 g/mol. The van der Waals surface area contributed by atoms with Crippen molar-refractivity contribution >= 4 is 11.9 Å². The van der Waals surface area contributed by atoms with Crippen molar-refractivity contribution < 1.29 is 27.9 Å². The highest BCUT2D eigenvalue weighted by molar-refractivity contribution is 5.96. The van der Waals surface area contributed by atoms with Crippen LogP contribution in [0.3, 0.4) is 0 Å². The van der Waals surface area contributed by atoms with Crippen molar-refractivity contribution in [3.63, 3.8) is 0 Å². The molecule has 0 bridgehead atoms. The van der Waals surface area contributed by atoms with Crippen molar-refractivity contribution in [2.45, 2.75) is 31.5 Å². The normalized spacial score (nSPS) is 12.5. The largest absolute Gasteiger partial charge is 0.480 e. The molecule has 0 aliphatic carbocycles. The molecular weight excluding hydrogens is 299 g/mol. The highest BCUT2D eigenvalue weighted by atomic mass is 19.4. The summed E-state index contributed by atoms with van der Waals surface area (Å²) in [5.41, 5.74) is -0.896. The van der Waals surface area contributed by atoms with E-state index in [1.807, 2.05) is 0 Å².